The normalized spacial score (nSPS) is 10.8. The van der Waals surface area contributed by atoms with Gasteiger partial charge in [-0.2, -0.15) is 9.37 Å². The van der Waals surface area contributed by atoms with Crippen molar-refractivity contribution in [3.63, 3.8) is 0 Å². The molecule has 8 heteroatoms. The Kier molecular flexibility index (Phi) is 4.49. The van der Waals surface area contributed by atoms with Crippen LogP contribution in [0.3, 0.4) is 0 Å². The van der Waals surface area contributed by atoms with Gasteiger partial charge in [0.05, 0.1) is 11.7 Å². The molecule has 7 nitrogen and oxygen atoms in total. The van der Waals surface area contributed by atoms with Crippen molar-refractivity contribution in [1.82, 2.24) is 24.5 Å². The number of ether oxygens (including phenoxy) is 1. The van der Waals surface area contributed by atoms with E-state index in [1.54, 1.807) is 36.8 Å². The average Bonchev–Trinajstić information content (AvgIpc) is 3.21. The zero-order valence-electron chi connectivity index (χ0n) is 15.6. The minimum absolute atomic E-state index is 0.162. The fourth-order valence-electron chi connectivity index (χ4n) is 3.04. The lowest BCUT2D eigenvalue weighted by Crippen LogP contribution is -2.01. The Morgan fingerprint density at radius 2 is 1.83 bits per heavy atom. The zero-order chi connectivity index (χ0) is 20.3. The number of rotatable bonds is 5. The van der Waals surface area contributed by atoms with E-state index in [2.05, 4.69) is 25.3 Å². The van der Waals surface area contributed by atoms with Crippen LogP contribution in [-0.2, 0) is 0 Å². The van der Waals surface area contributed by atoms with E-state index < -0.39 is 5.82 Å². The summed E-state index contributed by atoms with van der Waals surface area (Å²) >= 11 is 0. The molecule has 0 saturated heterocycles. The van der Waals surface area contributed by atoms with Crippen molar-refractivity contribution >= 4 is 22.5 Å². The van der Waals surface area contributed by atoms with E-state index >= 15 is 0 Å². The summed E-state index contributed by atoms with van der Waals surface area (Å²) in [4.78, 5) is 16.4. The molecule has 0 aliphatic carbocycles. The Morgan fingerprint density at radius 1 is 0.933 bits per heavy atom. The Hall–Kier alpha value is -4.33. The fraction of sp³-hybridized carbons (Fsp3) is 0. The van der Waals surface area contributed by atoms with E-state index in [0.29, 0.717) is 5.75 Å². The molecule has 5 rings (SSSR count). The molecule has 0 saturated carbocycles. The molecule has 1 N–H and O–H groups in total. The van der Waals surface area contributed by atoms with Crippen molar-refractivity contribution < 1.29 is 9.13 Å². The molecule has 0 spiro atoms. The standard InChI is InChI=1S/C22H15FN6O/c23-18-14-26-22(27-16-6-10-24-11-7-16)28-21(18)30-17-4-5-19-15(13-17)8-12-29(19)20-3-1-2-9-25-20/h1-14H,(H,24,26,27,28). The van der Waals surface area contributed by atoms with Crippen LogP contribution < -0.4 is 10.1 Å². The molecule has 5 aromatic rings. The van der Waals surface area contributed by atoms with Crippen molar-refractivity contribution in [2.75, 3.05) is 5.32 Å². The van der Waals surface area contributed by atoms with E-state index in [1.807, 2.05) is 47.2 Å². The first-order valence-corrected chi connectivity index (χ1v) is 9.16. The van der Waals surface area contributed by atoms with E-state index in [9.17, 15) is 4.39 Å². The van der Waals surface area contributed by atoms with Gasteiger partial charge in [0.25, 0.3) is 5.88 Å². The van der Waals surface area contributed by atoms with Gasteiger partial charge in [0.15, 0.2) is 0 Å². The first-order chi connectivity index (χ1) is 14.8. The quantitative estimate of drug-likeness (QED) is 0.454. The van der Waals surface area contributed by atoms with E-state index in [-0.39, 0.29) is 11.8 Å². The number of hydrogen-bond donors (Lipinski definition) is 1. The first kappa shape index (κ1) is 17.7. The van der Waals surface area contributed by atoms with Gasteiger partial charge >= 0.3 is 0 Å². The molecule has 0 aliphatic heterocycles. The van der Waals surface area contributed by atoms with Gasteiger partial charge in [-0.3, -0.25) is 4.98 Å². The number of nitrogens with zero attached hydrogens (tertiary/aromatic N) is 5. The number of nitrogens with one attached hydrogen (secondary N) is 1. The van der Waals surface area contributed by atoms with Crippen LogP contribution in [0.15, 0.2) is 85.6 Å². The summed E-state index contributed by atoms with van der Waals surface area (Å²) in [5.74, 6) is 0.690. The van der Waals surface area contributed by atoms with Crippen LogP contribution in [0.25, 0.3) is 16.7 Å². The molecule has 0 bridgehead atoms. The second-order valence-electron chi connectivity index (χ2n) is 6.40. The summed E-state index contributed by atoms with van der Waals surface area (Å²) < 4.78 is 21.9. The van der Waals surface area contributed by atoms with Crippen molar-refractivity contribution in [1.29, 1.82) is 0 Å². The highest BCUT2D eigenvalue weighted by molar-refractivity contribution is 5.83. The van der Waals surface area contributed by atoms with Crippen LogP contribution in [0.1, 0.15) is 0 Å². The highest BCUT2D eigenvalue weighted by Gasteiger charge is 2.12. The maximum absolute atomic E-state index is 14.2. The molecule has 0 unspecified atom stereocenters. The third-order valence-corrected chi connectivity index (χ3v) is 4.42. The lowest BCUT2D eigenvalue weighted by Gasteiger charge is -2.09. The Bertz CT molecular complexity index is 1310. The predicted octanol–water partition coefficient (Wildman–Crippen LogP) is 4.89. The number of aromatic nitrogens is 5. The molecule has 4 aromatic heterocycles. The summed E-state index contributed by atoms with van der Waals surface area (Å²) in [6.45, 7) is 0. The number of fused-ring (bicyclic) bond motifs is 1. The Morgan fingerprint density at radius 3 is 2.67 bits per heavy atom. The summed E-state index contributed by atoms with van der Waals surface area (Å²) in [7, 11) is 0. The van der Waals surface area contributed by atoms with Crippen molar-refractivity contribution in [3.05, 3.63) is 91.4 Å². The second kappa shape index (κ2) is 7.59. The first-order valence-electron chi connectivity index (χ1n) is 9.16. The van der Waals surface area contributed by atoms with Crippen LogP contribution >= 0.6 is 0 Å². The second-order valence-corrected chi connectivity index (χ2v) is 6.40. The number of halogens is 1. The van der Waals surface area contributed by atoms with Crippen molar-refractivity contribution in [2.45, 2.75) is 0 Å². The van der Waals surface area contributed by atoms with Gasteiger partial charge in [-0.1, -0.05) is 6.07 Å². The minimum atomic E-state index is -0.651. The molecule has 30 heavy (non-hydrogen) atoms. The molecule has 0 atom stereocenters. The number of pyridine rings is 2. The van der Waals surface area contributed by atoms with E-state index in [0.717, 1.165) is 28.6 Å². The highest BCUT2D eigenvalue weighted by Crippen LogP contribution is 2.28. The van der Waals surface area contributed by atoms with E-state index in [4.69, 9.17) is 4.74 Å². The molecule has 0 radical (unpaired) electrons. The van der Waals surface area contributed by atoms with Crippen LogP contribution in [0.4, 0.5) is 16.0 Å². The van der Waals surface area contributed by atoms with Crippen molar-refractivity contribution in [2.24, 2.45) is 0 Å². The Balaban J connectivity index is 1.42. The van der Waals surface area contributed by atoms with Gasteiger partial charge in [0.1, 0.15) is 11.6 Å². The predicted molar refractivity (Wildman–Crippen MR) is 111 cm³/mol. The third-order valence-electron chi connectivity index (χ3n) is 4.42. The topological polar surface area (TPSA) is 77.8 Å². The zero-order valence-corrected chi connectivity index (χ0v) is 15.6. The van der Waals surface area contributed by atoms with Gasteiger partial charge in [-0.05, 0) is 48.5 Å². The maximum Gasteiger partial charge on any atom is 0.260 e. The van der Waals surface area contributed by atoms with Crippen LogP contribution in [-0.4, -0.2) is 24.5 Å². The molecule has 0 amide bonds. The highest BCUT2D eigenvalue weighted by atomic mass is 19.1. The van der Waals surface area contributed by atoms with Crippen LogP contribution in [0.5, 0.6) is 11.6 Å². The summed E-state index contributed by atoms with van der Waals surface area (Å²) in [5, 5.41) is 3.92. The Labute approximate surface area is 170 Å². The maximum atomic E-state index is 14.2. The molecule has 146 valence electrons. The minimum Gasteiger partial charge on any atom is -0.436 e. The van der Waals surface area contributed by atoms with E-state index in [1.165, 1.54) is 0 Å². The van der Waals surface area contributed by atoms with Crippen molar-refractivity contribution in [3.8, 4) is 17.4 Å². The third kappa shape index (κ3) is 3.53. The van der Waals surface area contributed by atoms with Gasteiger partial charge in [0.2, 0.25) is 11.8 Å². The smallest absolute Gasteiger partial charge is 0.260 e. The van der Waals surface area contributed by atoms with Crippen LogP contribution in [0, 0.1) is 5.82 Å². The van der Waals surface area contributed by atoms with Gasteiger partial charge in [-0.15, -0.1) is 0 Å². The molecule has 1 aromatic carbocycles. The number of benzene rings is 1. The molecular weight excluding hydrogens is 383 g/mol. The summed E-state index contributed by atoms with van der Waals surface area (Å²) in [5.41, 5.74) is 1.70. The van der Waals surface area contributed by atoms with Gasteiger partial charge in [-0.25, -0.2) is 9.97 Å². The summed E-state index contributed by atoms with van der Waals surface area (Å²) in [6, 6.07) is 16.7. The molecule has 4 heterocycles. The SMILES string of the molecule is Fc1cnc(Nc2ccncc2)nc1Oc1ccc2c(ccn2-c2ccccn2)c1. The van der Waals surface area contributed by atoms with Gasteiger partial charge < -0.3 is 14.6 Å². The number of hydrogen-bond acceptors (Lipinski definition) is 6. The van der Waals surface area contributed by atoms with Crippen LogP contribution in [0.2, 0.25) is 0 Å². The number of anilines is 2. The lowest BCUT2D eigenvalue weighted by molar-refractivity contribution is 0.421. The summed E-state index contributed by atoms with van der Waals surface area (Å²) in [6.07, 6.45) is 8.01. The van der Waals surface area contributed by atoms with Gasteiger partial charge in [0, 0.05) is 35.9 Å². The molecule has 0 aliphatic rings. The molecular formula is C22H15FN6O. The lowest BCUT2D eigenvalue weighted by atomic mass is 10.2. The fourth-order valence-corrected chi connectivity index (χ4v) is 3.04. The largest absolute Gasteiger partial charge is 0.436 e. The monoisotopic (exact) mass is 398 g/mol. The molecule has 0 fully saturated rings. The average molecular weight is 398 g/mol.